The van der Waals surface area contributed by atoms with Gasteiger partial charge in [0.25, 0.3) is 0 Å². The summed E-state index contributed by atoms with van der Waals surface area (Å²) >= 11 is 0. The largest absolute Gasteiger partial charge is 0.383 e. The monoisotopic (exact) mass is 334 g/mol. The molecular formula is C18H20F2N2O2. The topological polar surface area (TPSA) is 41.6 Å². The van der Waals surface area contributed by atoms with Gasteiger partial charge in [0.1, 0.15) is 17.3 Å². The number of hydrogen-bond donors (Lipinski definition) is 1. The summed E-state index contributed by atoms with van der Waals surface area (Å²) in [6.07, 6.45) is 0. The van der Waals surface area contributed by atoms with Gasteiger partial charge in [-0.05, 0) is 17.7 Å². The molecule has 0 fully saturated rings. The van der Waals surface area contributed by atoms with Crippen LogP contribution in [0.3, 0.4) is 0 Å². The Balaban J connectivity index is 2.01. The smallest absolute Gasteiger partial charge is 0.238 e. The van der Waals surface area contributed by atoms with Crippen molar-refractivity contribution in [2.45, 2.75) is 6.54 Å². The zero-order valence-electron chi connectivity index (χ0n) is 13.5. The summed E-state index contributed by atoms with van der Waals surface area (Å²) in [7, 11) is 1.58. The van der Waals surface area contributed by atoms with E-state index in [0.29, 0.717) is 19.7 Å². The molecule has 2 rings (SSSR count). The second-order valence-electron chi connectivity index (χ2n) is 5.33. The van der Waals surface area contributed by atoms with E-state index in [9.17, 15) is 13.6 Å². The molecule has 0 bridgehead atoms. The summed E-state index contributed by atoms with van der Waals surface area (Å²) in [4.78, 5) is 14.0. The lowest BCUT2D eigenvalue weighted by Crippen LogP contribution is -2.35. The average Bonchev–Trinajstić information content (AvgIpc) is 2.57. The molecular weight excluding hydrogens is 314 g/mol. The third-order valence-corrected chi connectivity index (χ3v) is 3.46. The number of methoxy groups -OCH3 is 1. The highest BCUT2D eigenvalue weighted by Crippen LogP contribution is 2.18. The second kappa shape index (κ2) is 9.10. The number of rotatable bonds is 8. The summed E-state index contributed by atoms with van der Waals surface area (Å²) in [6, 6.07) is 13.1. The van der Waals surface area contributed by atoms with E-state index in [0.717, 1.165) is 17.7 Å². The van der Waals surface area contributed by atoms with E-state index >= 15 is 0 Å². The van der Waals surface area contributed by atoms with Gasteiger partial charge in [-0.2, -0.15) is 0 Å². The first-order chi connectivity index (χ1) is 11.6. The molecule has 0 atom stereocenters. The van der Waals surface area contributed by atoms with Crippen LogP contribution in [0.4, 0.5) is 14.5 Å². The van der Waals surface area contributed by atoms with E-state index in [1.165, 1.54) is 6.07 Å². The molecule has 2 aromatic rings. The first-order valence-corrected chi connectivity index (χ1v) is 7.59. The predicted molar refractivity (Wildman–Crippen MR) is 88.6 cm³/mol. The lowest BCUT2D eigenvalue weighted by Gasteiger charge is -2.21. The van der Waals surface area contributed by atoms with Gasteiger partial charge in [0, 0.05) is 20.2 Å². The lowest BCUT2D eigenvalue weighted by molar-refractivity contribution is -0.117. The molecule has 6 heteroatoms. The summed E-state index contributed by atoms with van der Waals surface area (Å²) < 4.78 is 32.3. The summed E-state index contributed by atoms with van der Waals surface area (Å²) in [5.41, 5.74) is 0.618. The van der Waals surface area contributed by atoms with Crippen LogP contribution in [0.1, 0.15) is 5.56 Å². The second-order valence-corrected chi connectivity index (χ2v) is 5.33. The van der Waals surface area contributed by atoms with Crippen LogP contribution < -0.4 is 5.32 Å². The maximum absolute atomic E-state index is 13.6. The molecule has 0 aromatic heterocycles. The van der Waals surface area contributed by atoms with E-state index in [4.69, 9.17) is 4.74 Å². The van der Waals surface area contributed by atoms with Crippen LogP contribution in [0.5, 0.6) is 0 Å². The molecule has 128 valence electrons. The minimum atomic E-state index is -0.796. The van der Waals surface area contributed by atoms with Gasteiger partial charge in [-0.15, -0.1) is 0 Å². The minimum Gasteiger partial charge on any atom is -0.383 e. The molecule has 1 amide bonds. The normalized spacial score (nSPS) is 10.8. The van der Waals surface area contributed by atoms with Crippen molar-refractivity contribution in [2.75, 3.05) is 32.1 Å². The van der Waals surface area contributed by atoms with Gasteiger partial charge < -0.3 is 10.1 Å². The zero-order valence-corrected chi connectivity index (χ0v) is 13.5. The zero-order chi connectivity index (χ0) is 17.4. The fourth-order valence-electron chi connectivity index (χ4n) is 2.28. The molecule has 0 radical (unpaired) electrons. The summed E-state index contributed by atoms with van der Waals surface area (Å²) in [6.45, 7) is 1.52. The number of benzene rings is 2. The molecule has 0 spiro atoms. The molecule has 2 aromatic carbocycles. The summed E-state index contributed by atoms with van der Waals surface area (Å²) in [5.74, 6) is -2.07. The van der Waals surface area contributed by atoms with Gasteiger partial charge in [0.2, 0.25) is 5.91 Å². The van der Waals surface area contributed by atoms with Crippen LogP contribution >= 0.6 is 0 Å². The molecule has 0 aliphatic carbocycles. The highest BCUT2D eigenvalue weighted by atomic mass is 19.1. The first kappa shape index (κ1) is 18.0. The van der Waals surface area contributed by atoms with Crippen molar-refractivity contribution in [3.8, 4) is 0 Å². The molecule has 0 saturated carbocycles. The van der Waals surface area contributed by atoms with Gasteiger partial charge in [0.15, 0.2) is 0 Å². The number of carbonyl (C=O) groups excluding carboxylic acids is 1. The highest BCUT2D eigenvalue weighted by Gasteiger charge is 2.15. The van der Waals surface area contributed by atoms with E-state index < -0.39 is 23.2 Å². The van der Waals surface area contributed by atoms with Crippen LogP contribution in [-0.2, 0) is 16.1 Å². The van der Waals surface area contributed by atoms with Gasteiger partial charge in [-0.1, -0.05) is 36.4 Å². The number of para-hydroxylation sites is 1. The Kier molecular flexibility index (Phi) is 6.84. The number of carbonyl (C=O) groups is 1. The molecule has 0 aliphatic rings. The van der Waals surface area contributed by atoms with Crippen LogP contribution in [0.2, 0.25) is 0 Å². The molecule has 24 heavy (non-hydrogen) atoms. The number of ether oxygens (including phenoxy) is 1. The number of hydrogen-bond acceptors (Lipinski definition) is 3. The third kappa shape index (κ3) is 5.40. The molecule has 0 unspecified atom stereocenters. The molecule has 0 saturated heterocycles. The number of anilines is 1. The Labute approximate surface area is 140 Å². The van der Waals surface area contributed by atoms with Crippen molar-refractivity contribution in [3.63, 3.8) is 0 Å². The maximum Gasteiger partial charge on any atom is 0.238 e. The van der Waals surface area contributed by atoms with Gasteiger partial charge >= 0.3 is 0 Å². The van der Waals surface area contributed by atoms with E-state index in [1.54, 1.807) is 7.11 Å². The fraction of sp³-hybridized carbons (Fsp3) is 0.278. The number of nitrogens with zero attached hydrogens (tertiary/aromatic N) is 1. The number of nitrogens with one attached hydrogen (secondary N) is 1. The SMILES string of the molecule is COCCN(CC(=O)Nc1c(F)cccc1F)Cc1ccccc1. The Hall–Kier alpha value is -2.31. The van der Waals surface area contributed by atoms with E-state index in [-0.39, 0.29) is 6.54 Å². The molecule has 1 N–H and O–H groups in total. The van der Waals surface area contributed by atoms with Crippen molar-refractivity contribution in [2.24, 2.45) is 0 Å². The van der Waals surface area contributed by atoms with Crippen molar-refractivity contribution in [1.29, 1.82) is 0 Å². The van der Waals surface area contributed by atoms with E-state index in [2.05, 4.69) is 5.32 Å². The fourth-order valence-corrected chi connectivity index (χ4v) is 2.28. The quantitative estimate of drug-likeness (QED) is 0.807. The number of halogens is 2. The van der Waals surface area contributed by atoms with Gasteiger partial charge in [-0.25, -0.2) is 8.78 Å². The van der Waals surface area contributed by atoms with Crippen molar-refractivity contribution in [1.82, 2.24) is 4.90 Å². The van der Waals surface area contributed by atoms with Crippen LogP contribution in [-0.4, -0.2) is 37.6 Å². The Morgan fingerprint density at radius 1 is 1.08 bits per heavy atom. The van der Waals surface area contributed by atoms with Crippen LogP contribution in [0.25, 0.3) is 0 Å². The minimum absolute atomic E-state index is 0.00598. The Bertz CT molecular complexity index is 645. The lowest BCUT2D eigenvalue weighted by atomic mass is 10.2. The molecule has 0 heterocycles. The Morgan fingerprint density at radius 2 is 1.75 bits per heavy atom. The molecule has 4 nitrogen and oxygen atoms in total. The summed E-state index contributed by atoms with van der Waals surface area (Å²) in [5, 5.41) is 2.30. The Morgan fingerprint density at radius 3 is 2.38 bits per heavy atom. The van der Waals surface area contributed by atoms with Gasteiger partial charge in [0.05, 0.1) is 13.2 Å². The molecule has 0 aliphatic heterocycles. The van der Waals surface area contributed by atoms with Gasteiger partial charge in [-0.3, -0.25) is 9.69 Å². The van der Waals surface area contributed by atoms with Crippen LogP contribution in [0, 0.1) is 11.6 Å². The van der Waals surface area contributed by atoms with Crippen molar-refractivity contribution in [3.05, 3.63) is 65.7 Å². The maximum atomic E-state index is 13.6. The highest BCUT2D eigenvalue weighted by molar-refractivity contribution is 5.92. The van der Waals surface area contributed by atoms with Crippen molar-refractivity contribution >= 4 is 11.6 Å². The number of amides is 1. The predicted octanol–water partition coefficient (Wildman–Crippen LogP) is 3.05. The van der Waals surface area contributed by atoms with E-state index in [1.807, 2.05) is 35.2 Å². The first-order valence-electron chi connectivity index (χ1n) is 7.59. The third-order valence-electron chi connectivity index (χ3n) is 3.46. The van der Waals surface area contributed by atoms with Crippen LogP contribution in [0.15, 0.2) is 48.5 Å². The van der Waals surface area contributed by atoms with Crippen molar-refractivity contribution < 1.29 is 18.3 Å². The average molecular weight is 334 g/mol. The standard InChI is InChI=1S/C18H20F2N2O2/c1-24-11-10-22(12-14-6-3-2-4-7-14)13-17(23)21-18-15(19)8-5-9-16(18)20/h2-9H,10-13H2,1H3,(H,21,23).